The standard InChI is InChI=1S/C63H110O5/c1-3-5-7-9-11-13-15-17-19-21-22-23-24-25-26-27-28-29-30-31-32-33-34-35-36-37-38-39-40-42-43-45-47-49-51-53-55-57-62(65)67-60-61(59-64)68-63(66)58-56-54-52-50-48-46-44-41-20-18-16-14-12-10-8-6-4-2/h6,8,12,14-15,17-18,20-22,24-25,44,46,61,64H,3-5,7,9-11,13,16,19,23,26-43,45,47-60H2,1-2H3/b8-6-,14-12-,17-15-,20-18-,22-21-,25-24-,46-44-. The molecule has 0 heterocycles. The molecule has 0 aromatic carbocycles. The highest BCUT2D eigenvalue weighted by Crippen LogP contribution is 2.17. The highest BCUT2D eigenvalue weighted by Gasteiger charge is 2.16. The first-order valence-corrected chi connectivity index (χ1v) is 29.1. The Bertz CT molecular complexity index is 1250. The molecule has 0 bridgehead atoms. The quantitative estimate of drug-likeness (QED) is 0.0374. The molecule has 0 saturated heterocycles. The zero-order valence-corrected chi connectivity index (χ0v) is 44.9. The smallest absolute Gasteiger partial charge is 0.306 e. The van der Waals surface area contributed by atoms with E-state index in [1.807, 2.05) is 0 Å². The van der Waals surface area contributed by atoms with Crippen molar-refractivity contribution in [3.63, 3.8) is 0 Å². The van der Waals surface area contributed by atoms with Crippen molar-refractivity contribution in [2.75, 3.05) is 13.2 Å². The third-order valence-corrected chi connectivity index (χ3v) is 12.7. The molecule has 0 aliphatic rings. The van der Waals surface area contributed by atoms with E-state index in [1.54, 1.807) is 0 Å². The molecular weight excluding hydrogens is 837 g/mol. The maximum atomic E-state index is 12.3. The minimum absolute atomic E-state index is 0.0768. The van der Waals surface area contributed by atoms with Gasteiger partial charge in [-0.15, -0.1) is 0 Å². The van der Waals surface area contributed by atoms with Gasteiger partial charge in [0, 0.05) is 12.8 Å². The summed E-state index contributed by atoms with van der Waals surface area (Å²) in [5.74, 6) is -0.613. The van der Waals surface area contributed by atoms with Crippen LogP contribution in [0.3, 0.4) is 0 Å². The summed E-state index contributed by atoms with van der Waals surface area (Å²) in [6.07, 6.45) is 81.5. The summed E-state index contributed by atoms with van der Waals surface area (Å²) in [6.45, 7) is 4.01. The van der Waals surface area contributed by atoms with Gasteiger partial charge in [-0.25, -0.2) is 0 Å². The number of esters is 2. The van der Waals surface area contributed by atoms with Gasteiger partial charge in [-0.2, -0.15) is 0 Å². The molecule has 1 unspecified atom stereocenters. The molecule has 5 nitrogen and oxygen atoms in total. The third-order valence-electron chi connectivity index (χ3n) is 12.7. The van der Waals surface area contributed by atoms with Crippen LogP contribution >= 0.6 is 0 Å². The lowest BCUT2D eigenvalue weighted by Gasteiger charge is -2.15. The fourth-order valence-corrected chi connectivity index (χ4v) is 8.32. The lowest BCUT2D eigenvalue weighted by Crippen LogP contribution is -2.28. The molecule has 0 spiro atoms. The van der Waals surface area contributed by atoms with Crippen molar-refractivity contribution in [3.8, 4) is 0 Å². The van der Waals surface area contributed by atoms with E-state index >= 15 is 0 Å². The predicted octanol–water partition coefficient (Wildman–Crippen LogP) is 19.8. The van der Waals surface area contributed by atoms with E-state index < -0.39 is 6.10 Å². The second-order valence-electron chi connectivity index (χ2n) is 19.3. The molecule has 0 fully saturated rings. The van der Waals surface area contributed by atoms with E-state index in [4.69, 9.17) is 9.47 Å². The third kappa shape index (κ3) is 55.7. The molecule has 0 aliphatic carbocycles. The Kier molecular flexibility index (Phi) is 55.9. The highest BCUT2D eigenvalue weighted by molar-refractivity contribution is 5.70. The summed E-state index contributed by atoms with van der Waals surface area (Å²) in [5.41, 5.74) is 0. The molecule has 0 rings (SSSR count). The van der Waals surface area contributed by atoms with Gasteiger partial charge in [0.05, 0.1) is 6.61 Å². The first kappa shape index (κ1) is 65.1. The van der Waals surface area contributed by atoms with Crippen molar-refractivity contribution in [1.29, 1.82) is 0 Å². The van der Waals surface area contributed by atoms with Gasteiger partial charge in [0.25, 0.3) is 0 Å². The molecule has 1 atom stereocenters. The van der Waals surface area contributed by atoms with Crippen LogP contribution in [0.1, 0.15) is 284 Å². The summed E-state index contributed by atoms with van der Waals surface area (Å²) >= 11 is 0. The van der Waals surface area contributed by atoms with Crippen molar-refractivity contribution in [2.24, 2.45) is 0 Å². The van der Waals surface area contributed by atoms with Crippen molar-refractivity contribution in [2.45, 2.75) is 290 Å². The van der Waals surface area contributed by atoms with Crippen LogP contribution < -0.4 is 0 Å². The average Bonchev–Trinajstić information content (AvgIpc) is 3.34. The minimum Gasteiger partial charge on any atom is -0.462 e. The Morgan fingerprint density at radius 3 is 0.956 bits per heavy atom. The van der Waals surface area contributed by atoms with Crippen LogP contribution in [0.2, 0.25) is 0 Å². The minimum atomic E-state index is -0.788. The fourth-order valence-electron chi connectivity index (χ4n) is 8.32. The van der Waals surface area contributed by atoms with Gasteiger partial charge < -0.3 is 14.6 Å². The van der Waals surface area contributed by atoms with Crippen molar-refractivity contribution >= 4 is 11.9 Å². The molecular formula is C63H110O5. The molecule has 0 aliphatic heterocycles. The van der Waals surface area contributed by atoms with Crippen LogP contribution in [0.5, 0.6) is 0 Å². The Morgan fingerprint density at radius 1 is 0.353 bits per heavy atom. The summed E-state index contributed by atoms with van der Waals surface area (Å²) in [5, 5.41) is 9.63. The Labute approximate surface area is 422 Å². The van der Waals surface area contributed by atoms with Gasteiger partial charge in [-0.1, -0.05) is 266 Å². The largest absolute Gasteiger partial charge is 0.462 e. The molecule has 0 saturated carbocycles. The average molecular weight is 948 g/mol. The SMILES string of the molecule is CC/C=C\C/C=C\C/C=C\C/C=C\CCCCCCC(=O)OC(CO)COC(=O)CCCCCCCCCCCCCCCCCCCCCCCC/C=C\C/C=C\C/C=C\CCCCCCC. The zero-order chi connectivity index (χ0) is 49.2. The first-order chi connectivity index (χ1) is 33.6. The summed E-state index contributed by atoms with van der Waals surface area (Å²) < 4.78 is 10.7. The maximum Gasteiger partial charge on any atom is 0.306 e. The second-order valence-corrected chi connectivity index (χ2v) is 19.3. The highest BCUT2D eigenvalue weighted by atomic mass is 16.6. The van der Waals surface area contributed by atoms with Gasteiger partial charge in [-0.3, -0.25) is 9.59 Å². The van der Waals surface area contributed by atoms with E-state index in [-0.39, 0.29) is 25.2 Å². The number of unbranched alkanes of at least 4 members (excludes halogenated alkanes) is 31. The Morgan fingerprint density at radius 2 is 0.632 bits per heavy atom. The summed E-state index contributed by atoms with van der Waals surface area (Å²) in [6, 6.07) is 0. The molecule has 0 aromatic rings. The van der Waals surface area contributed by atoms with Gasteiger partial charge in [0.15, 0.2) is 6.10 Å². The monoisotopic (exact) mass is 947 g/mol. The van der Waals surface area contributed by atoms with Gasteiger partial charge in [-0.05, 0) is 89.9 Å². The normalized spacial score (nSPS) is 12.8. The number of carbonyl (C=O) groups is 2. The molecule has 68 heavy (non-hydrogen) atoms. The number of ether oxygens (including phenoxy) is 2. The molecule has 0 amide bonds. The number of carbonyl (C=O) groups excluding carboxylic acids is 2. The van der Waals surface area contributed by atoms with Crippen LogP contribution in [-0.4, -0.2) is 36.4 Å². The number of hydrogen-bond acceptors (Lipinski definition) is 5. The van der Waals surface area contributed by atoms with Gasteiger partial charge in [0.2, 0.25) is 0 Å². The molecule has 0 radical (unpaired) electrons. The van der Waals surface area contributed by atoms with Crippen LogP contribution in [0.15, 0.2) is 85.1 Å². The molecule has 392 valence electrons. The molecule has 1 N–H and O–H groups in total. The second kappa shape index (κ2) is 58.4. The van der Waals surface area contributed by atoms with Crippen LogP contribution in [0.25, 0.3) is 0 Å². The lowest BCUT2D eigenvalue weighted by atomic mass is 10.0. The van der Waals surface area contributed by atoms with E-state index in [0.29, 0.717) is 12.8 Å². The number of allylic oxidation sites excluding steroid dienone is 14. The Balaban J connectivity index is 3.44. The lowest BCUT2D eigenvalue weighted by molar-refractivity contribution is -0.161. The van der Waals surface area contributed by atoms with Crippen LogP contribution in [0, 0.1) is 0 Å². The van der Waals surface area contributed by atoms with Crippen molar-refractivity contribution in [1.82, 2.24) is 0 Å². The van der Waals surface area contributed by atoms with E-state index in [0.717, 1.165) is 89.9 Å². The zero-order valence-electron chi connectivity index (χ0n) is 44.9. The molecule has 5 heteroatoms. The van der Waals surface area contributed by atoms with Crippen LogP contribution in [-0.2, 0) is 19.1 Å². The maximum absolute atomic E-state index is 12.3. The Hall–Kier alpha value is -2.92. The van der Waals surface area contributed by atoms with E-state index in [1.165, 1.54) is 167 Å². The molecule has 0 aromatic heterocycles. The van der Waals surface area contributed by atoms with E-state index in [2.05, 4.69) is 98.9 Å². The number of hydrogen-bond donors (Lipinski definition) is 1. The topological polar surface area (TPSA) is 72.8 Å². The fraction of sp³-hybridized carbons (Fsp3) is 0.746. The first-order valence-electron chi connectivity index (χ1n) is 29.1. The van der Waals surface area contributed by atoms with Gasteiger partial charge in [0.1, 0.15) is 6.61 Å². The van der Waals surface area contributed by atoms with Gasteiger partial charge >= 0.3 is 11.9 Å². The van der Waals surface area contributed by atoms with Crippen molar-refractivity contribution in [3.05, 3.63) is 85.1 Å². The number of aliphatic hydroxyl groups is 1. The van der Waals surface area contributed by atoms with E-state index in [9.17, 15) is 14.7 Å². The number of aliphatic hydroxyl groups excluding tert-OH is 1. The van der Waals surface area contributed by atoms with Crippen molar-refractivity contribution < 1.29 is 24.2 Å². The summed E-state index contributed by atoms with van der Waals surface area (Å²) in [7, 11) is 0. The number of rotatable bonds is 53. The van der Waals surface area contributed by atoms with Crippen LogP contribution in [0.4, 0.5) is 0 Å². The predicted molar refractivity (Wildman–Crippen MR) is 297 cm³/mol. The summed E-state index contributed by atoms with van der Waals surface area (Å²) in [4.78, 5) is 24.5.